The van der Waals surface area contributed by atoms with Crippen molar-refractivity contribution in [1.29, 1.82) is 0 Å². The highest BCUT2D eigenvalue weighted by Crippen LogP contribution is 2.20. The van der Waals surface area contributed by atoms with E-state index in [1.807, 2.05) is 12.3 Å². The molecular weight excluding hydrogens is 146 g/mol. The largest absolute Gasteiger partial charge is 0.261 e. The highest BCUT2D eigenvalue weighted by molar-refractivity contribution is 5.64. The second-order valence-electron chi connectivity index (χ2n) is 2.94. The monoisotopic (exact) mass is 161 g/mol. The smallest absolute Gasteiger partial charge is 0.0657 e. The molecule has 64 valence electrons. The van der Waals surface area contributed by atoms with Crippen molar-refractivity contribution in [3.63, 3.8) is 0 Å². The molecule has 1 heteroatoms. The minimum Gasteiger partial charge on any atom is -0.261 e. The normalized spacial score (nSPS) is 10.9. The van der Waals surface area contributed by atoms with E-state index < -0.39 is 0 Å². The Morgan fingerprint density at radius 2 is 2.08 bits per heavy atom. The first kappa shape index (κ1) is 8.98. The molecule has 0 N–H and O–H groups in total. The van der Waals surface area contributed by atoms with Gasteiger partial charge in [-0.25, -0.2) is 0 Å². The molecule has 0 spiro atoms. The van der Waals surface area contributed by atoms with Gasteiger partial charge in [-0.15, -0.1) is 0 Å². The molecule has 0 aliphatic rings. The second-order valence-corrected chi connectivity index (χ2v) is 2.94. The predicted molar refractivity (Wildman–Crippen MR) is 54.4 cm³/mol. The number of hydrogen-bond donors (Lipinski definition) is 0. The van der Waals surface area contributed by atoms with Crippen molar-refractivity contribution in [2.75, 3.05) is 0 Å². The summed E-state index contributed by atoms with van der Waals surface area (Å²) >= 11 is 0. The van der Waals surface area contributed by atoms with Crippen LogP contribution in [0, 0.1) is 13.8 Å². The van der Waals surface area contributed by atoms with Gasteiger partial charge in [0.2, 0.25) is 0 Å². The first-order chi connectivity index (χ1) is 5.75. The minimum absolute atomic E-state index is 0.993. The number of aliphatic imine (C=N–C) groups is 1. The average Bonchev–Trinajstić information content (AvgIpc) is 2.08. The lowest BCUT2D eigenvalue weighted by molar-refractivity contribution is 1.28. The Labute approximate surface area is 74.2 Å². The molecule has 0 aliphatic heterocycles. The molecule has 0 radical (unpaired) electrons. The molecule has 0 amide bonds. The molecule has 0 fully saturated rings. The fraction of sp³-hybridized carbons (Fsp3) is 0.364. The number of aryl methyl sites for hydroxylation is 1. The summed E-state index contributed by atoms with van der Waals surface area (Å²) in [6, 6.07) is 6.21. The van der Waals surface area contributed by atoms with Gasteiger partial charge in [0.1, 0.15) is 0 Å². The van der Waals surface area contributed by atoms with Crippen molar-refractivity contribution in [2.45, 2.75) is 27.2 Å². The van der Waals surface area contributed by atoms with E-state index in [9.17, 15) is 0 Å². The van der Waals surface area contributed by atoms with Crippen LogP contribution in [0.4, 0.5) is 5.69 Å². The topological polar surface area (TPSA) is 12.4 Å². The zero-order valence-electron chi connectivity index (χ0n) is 7.96. The summed E-state index contributed by atoms with van der Waals surface area (Å²) < 4.78 is 0. The molecule has 0 saturated heterocycles. The zero-order valence-corrected chi connectivity index (χ0v) is 7.96. The molecule has 0 bridgehead atoms. The van der Waals surface area contributed by atoms with Crippen molar-refractivity contribution < 1.29 is 0 Å². The summed E-state index contributed by atoms with van der Waals surface area (Å²) in [4.78, 5) is 4.36. The summed E-state index contributed by atoms with van der Waals surface area (Å²) in [5.74, 6) is 0. The molecule has 0 heterocycles. The quantitative estimate of drug-likeness (QED) is 0.589. The fourth-order valence-corrected chi connectivity index (χ4v) is 1.07. The predicted octanol–water partition coefficient (Wildman–Crippen LogP) is 3.42. The van der Waals surface area contributed by atoms with Gasteiger partial charge in [-0.3, -0.25) is 4.99 Å². The highest BCUT2D eigenvalue weighted by Gasteiger charge is 1.96. The first-order valence-corrected chi connectivity index (χ1v) is 4.34. The van der Waals surface area contributed by atoms with Crippen LogP contribution < -0.4 is 0 Å². The van der Waals surface area contributed by atoms with Gasteiger partial charge in [0.25, 0.3) is 0 Å². The van der Waals surface area contributed by atoms with E-state index in [2.05, 4.69) is 37.9 Å². The second kappa shape index (κ2) is 4.05. The molecule has 1 aromatic rings. The molecular formula is C11H15N. The van der Waals surface area contributed by atoms with E-state index in [1.54, 1.807) is 0 Å². The highest BCUT2D eigenvalue weighted by atomic mass is 14.7. The lowest BCUT2D eigenvalue weighted by Crippen LogP contribution is -1.80. The van der Waals surface area contributed by atoms with Gasteiger partial charge in [-0.2, -0.15) is 0 Å². The first-order valence-electron chi connectivity index (χ1n) is 4.34. The van der Waals surface area contributed by atoms with E-state index in [-0.39, 0.29) is 0 Å². The third-order valence-electron chi connectivity index (χ3n) is 1.99. The molecule has 0 aliphatic carbocycles. The molecule has 0 aromatic heterocycles. The maximum absolute atomic E-state index is 4.36. The summed E-state index contributed by atoms with van der Waals surface area (Å²) in [6.45, 7) is 6.31. The summed E-state index contributed by atoms with van der Waals surface area (Å²) in [7, 11) is 0. The van der Waals surface area contributed by atoms with E-state index >= 15 is 0 Å². The zero-order chi connectivity index (χ0) is 8.97. The van der Waals surface area contributed by atoms with Crippen LogP contribution in [0.25, 0.3) is 0 Å². The van der Waals surface area contributed by atoms with Gasteiger partial charge in [0.15, 0.2) is 0 Å². The van der Waals surface area contributed by atoms with Crippen LogP contribution in [-0.4, -0.2) is 6.21 Å². The van der Waals surface area contributed by atoms with Crippen molar-refractivity contribution in [3.8, 4) is 0 Å². The third kappa shape index (κ3) is 1.94. The van der Waals surface area contributed by atoms with Gasteiger partial charge in [-0.05, 0) is 37.5 Å². The third-order valence-corrected chi connectivity index (χ3v) is 1.99. The van der Waals surface area contributed by atoms with Crippen molar-refractivity contribution >= 4 is 11.9 Å². The van der Waals surface area contributed by atoms with Gasteiger partial charge < -0.3 is 0 Å². The number of hydrogen-bond acceptors (Lipinski definition) is 1. The van der Waals surface area contributed by atoms with Crippen LogP contribution in [0.1, 0.15) is 24.5 Å². The Balaban J connectivity index is 3.00. The van der Waals surface area contributed by atoms with Gasteiger partial charge in [0, 0.05) is 6.21 Å². The number of rotatable bonds is 2. The molecule has 1 nitrogen and oxygen atoms in total. The van der Waals surface area contributed by atoms with Gasteiger partial charge in [-0.1, -0.05) is 19.1 Å². The van der Waals surface area contributed by atoms with E-state index in [0.717, 1.165) is 12.1 Å². The van der Waals surface area contributed by atoms with Crippen LogP contribution in [0.5, 0.6) is 0 Å². The molecule has 0 saturated carbocycles. The Morgan fingerprint density at radius 1 is 1.33 bits per heavy atom. The van der Waals surface area contributed by atoms with Crippen LogP contribution in [0.2, 0.25) is 0 Å². The van der Waals surface area contributed by atoms with Crippen LogP contribution in [-0.2, 0) is 0 Å². The van der Waals surface area contributed by atoms with Crippen molar-refractivity contribution in [2.24, 2.45) is 4.99 Å². The van der Waals surface area contributed by atoms with E-state index in [4.69, 9.17) is 0 Å². The Kier molecular flexibility index (Phi) is 3.03. The van der Waals surface area contributed by atoms with Crippen LogP contribution in [0.3, 0.4) is 0 Å². The lowest BCUT2D eigenvalue weighted by Gasteiger charge is -2.02. The Morgan fingerprint density at radius 3 is 2.75 bits per heavy atom. The number of benzene rings is 1. The lowest BCUT2D eigenvalue weighted by atomic mass is 10.1. The molecule has 1 rings (SSSR count). The standard InChI is InChI=1S/C11H15N/c1-4-8-12-11-7-5-6-9(2)10(11)3/h5-8H,4H2,1-3H3/b12-8-. The Hall–Kier alpha value is -1.11. The van der Waals surface area contributed by atoms with Gasteiger partial charge in [0.05, 0.1) is 5.69 Å². The van der Waals surface area contributed by atoms with Crippen LogP contribution >= 0.6 is 0 Å². The van der Waals surface area contributed by atoms with Gasteiger partial charge >= 0.3 is 0 Å². The van der Waals surface area contributed by atoms with E-state index in [1.165, 1.54) is 11.1 Å². The summed E-state index contributed by atoms with van der Waals surface area (Å²) in [5, 5.41) is 0. The van der Waals surface area contributed by atoms with Crippen molar-refractivity contribution in [1.82, 2.24) is 0 Å². The maximum Gasteiger partial charge on any atom is 0.0657 e. The number of nitrogens with zero attached hydrogens (tertiary/aromatic N) is 1. The molecule has 0 unspecified atom stereocenters. The summed E-state index contributed by atoms with van der Waals surface area (Å²) in [5.41, 5.74) is 3.68. The Bertz CT molecular complexity index is 287. The molecule has 12 heavy (non-hydrogen) atoms. The molecule has 0 atom stereocenters. The SMILES string of the molecule is CC/C=N\c1cccc(C)c1C. The minimum atomic E-state index is 0.993. The fourth-order valence-electron chi connectivity index (χ4n) is 1.07. The van der Waals surface area contributed by atoms with Crippen molar-refractivity contribution in [3.05, 3.63) is 29.3 Å². The van der Waals surface area contributed by atoms with E-state index in [0.29, 0.717) is 0 Å². The summed E-state index contributed by atoms with van der Waals surface area (Å²) in [6.07, 6.45) is 2.94. The van der Waals surface area contributed by atoms with Crippen LogP contribution in [0.15, 0.2) is 23.2 Å². The maximum atomic E-state index is 4.36. The molecule has 1 aromatic carbocycles. The average molecular weight is 161 g/mol.